The van der Waals surface area contributed by atoms with Gasteiger partial charge in [-0.1, -0.05) is 0 Å². The van der Waals surface area contributed by atoms with Crippen LogP contribution in [0.4, 0.5) is 11.6 Å². The first-order valence-corrected chi connectivity index (χ1v) is 3.76. The molecule has 1 aromatic rings. The second kappa shape index (κ2) is 2.07. The van der Waals surface area contributed by atoms with Crippen molar-refractivity contribution in [3.63, 3.8) is 0 Å². The number of anilines is 1. The van der Waals surface area contributed by atoms with Crippen molar-refractivity contribution < 1.29 is 0 Å². The Bertz CT molecular complexity index is 336. The third-order valence-corrected chi connectivity index (χ3v) is 1.65. The molecule has 1 atom stereocenters. The van der Waals surface area contributed by atoms with Gasteiger partial charge in [-0.05, 0) is 13.8 Å². The van der Waals surface area contributed by atoms with Crippen molar-refractivity contribution in [3.05, 3.63) is 5.82 Å². The smallest absolute Gasteiger partial charge is 0.174 e. The van der Waals surface area contributed by atoms with Gasteiger partial charge >= 0.3 is 0 Å². The molecule has 1 aliphatic rings. The SMILES string of the molecule is Cc1nc2c([nH]1)N=CC(C)(N)N2. The molecule has 1 unspecified atom stereocenters. The first-order valence-electron chi connectivity index (χ1n) is 3.76. The molecule has 1 aliphatic heterocycles. The molecule has 0 saturated heterocycles. The van der Waals surface area contributed by atoms with Gasteiger partial charge in [0.2, 0.25) is 0 Å². The molecule has 0 saturated carbocycles. The van der Waals surface area contributed by atoms with Gasteiger partial charge in [0, 0.05) is 6.21 Å². The Morgan fingerprint density at radius 3 is 3.08 bits per heavy atom. The maximum Gasteiger partial charge on any atom is 0.174 e. The van der Waals surface area contributed by atoms with Crippen LogP contribution in [0.25, 0.3) is 0 Å². The number of H-pyrrole nitrogens is 1. The summed E-state index contributed by atoms with van der Waals surface area (Å²) in [7, 11) is 0. The summed E-state index contributed by atoms with van der Waals surface area (Å²) in [5, 5.41) is 3.04. The molecule has 5 heteroatoms. The molecule has 2 heterocycles. The van der Waals surface area contributed by atoms with Gasteiger partial charge in [0.05, 0.1) is 0 Å². The minimum atomic E-state index is -0.589. The van der Waals surface area contributed by atoms with Gasteiger partial charge in [-0.2, -0.15) is 0 Å². The highest BCUT2D eigenvalue weighted by Crippen LogP contribution is 2.26. The number of nitrogens with one attached hydrogen (secondary N) is 2. The normalized spacial score (nSPS) is 26.6. The first-order chi connectivity index (χ1) is 5.57. The topological polar surface area (TPSA) is 79.1 Å². The van der Waals surface area contributed by atoms with Crippen LogP contribution in [0, 0.1) is 6.92 Å². The number of aromatic amines is 1. The highest BCUT2D eigenvalue weighted by molar-refractivity contribution is 5.82. The maximum absolute atomic E-state index is 5.79. The van der Waals surface area contributed by atoms with Crippen molar-refractivity contribution >= 4 is 17.9 Å². The van der Waals surface area contributed by atoms with Gasteiger partial charge < -0.3 is 16.0 Å². The quantitative estimate of drug-likeness (QED) is 0.524. The lowest BCUT2D eigenvalue weighted by molar-refractivity contribution is 0.722. The summed E-state index contributed by atoms with van der Waals surface area (Å²) in [6.07, 6.45) is 1.66. The molecule has 5 nitrogen and oxygen atoms in total. The predicted molar refractivity (Wildman–Crippen MR) is 47.7 cm³/mol. The van der Waals surface area contributed by atoms with Gasteiger partial charge in [0.25, 0.3) is 0 Å². The molecule has 0 aliphatic carbocycles. The fraction of sp³-hybridized carbons (Fsp3) is 0.429. The number of nitrogens with zero attached hydrogens (tertiary/aromatic N) is 2. The average Bonchev–Trinajstić information content (AvgIpc) is 2.26. The van der Waals surface area contributed by atoms with E-state index < -0.39 is 5.66 Å². The zero-order chi connectivity index (χ0) is 8.77. The number of nitrogens with two attached hydrogens (primary N) is 1. The number of hydrogen-bond donors (Lipinski definition) is 3. The van der Waals surface area contributed by atoms with Crippen molar-refractivity contribution in [3.8, 4) is 0 Å². The molecular formula is C7H11N5. The number of hydrogen-bond acceptors (Lipinski definition) is 4. The van der Waals surface area contributed by atoms with E-state index in [0.717, 1.165) is 17.5 Å². The number of aryl methyl sites for hydroxylation is 1. The predicted octanol–water partition coefficient (Wildman–Crippen LogP) is 0.521. The number of fused-ring (bicyclic) bond motifs is 1. The molecule has 2 rings (SSSR count). The summed E-state index contributed by atoms with van der Waals surface area (Å²) in [5.41, 5.74) is 5.20. The minimum absolute atomic E-state index is 0.589. The number of aromatic nitrogens is 2. The van der Waals surface area contributed by atoms with Crippen LogP contribution >= 0.6 is 0 Å². The second-order valence-electron chi connectivity index (χ2n) is 3.19. The largest absolute Gasteiger partial charge is 0.345 e. The average molecular weight is 165 g/mol. The molecule has 0 fully saturated rings. The summed E-state index contributed by atoms with van der Waals surface area (Å²) in [4.78, 5) is 11.3. The van der Waals surface area contributed by atoms with Crippen LogP contribution in [0.3, 0.4) is 0 Å². The molecule has 0 spiro atoms. The fourth-order valence-corrected chi connectivity index (χ4v) is 1.15. The summed E-state index contributed by atoms with van der Waals surface area (Å²) in [6.45, 7) is 3.72. The second-order valence-corrected chi connectivity index (χ2v) is 3.19. The van der Waals surface area contributed by atoms with E-state index in [2.05, 4.69) is 20.3 Å². The van der Waals surface area contributed by atoms with E-state index in [0.29, 0.717) is 0 Å². The van der Waals surface area contributed by atoms with Crippen molar-refractivity contribution in [2.45, 2.75) is 19.5 Å². The first kappa shape index (κ1) is 7.30. The molecule has 64 valence electrons. The molecule has 4 N–H and O–H groups in total. The van der Waals surface area contributed by atoms with Crippen molar-refractivity contribution in [2.75, 3.05) is 5.32 Å². The van der Waals surface area contributed by atoms with Gasteiger partial charge in [0.1, 0.15) is 11.5 Å². The van der Waals surface area contributed by atoms with E-state index in [9.17, 15) is 0 Å². The van der Waals surface area contributed by atoms with Crippen LogP contribution in [0.5, 0.6) is 0 Å². The van der Waals surface area contributed by atoms with E-state index in [1.165, 1.54) is 0 Å². The lowest BCUT2D eigenvalue weighted by atomic mass is 10.2. The molecule has 0 radical (unpaired) electrons. The van der Waals surface area contributed by atoms with Crippen molar-refractivity contribution in [1.82, 2.24) is 9.97 Å². The number of rotatable bonds is 0. The van der Waals surface area contributed by atoms with Crippen LogP contribution < -0.4 is 11.1 Å². The molecule has 0 bridgehead atoms. The van der Waals surface area contributed by atoms with Crippen LogP contribution in [-0.2, 0) is 0 Å². The number of aliphatic imine (C=N–C) groups is 1. The third kappa shape index (κ3) is 1.08. The van der Waals surface area contributed by atoms with Gasteiger partial charge in [-0.15, -0.1) is 0 Å². The Kier molecular flexibility index (Phi) is 1.26. The highest BCUT2D eigenvalue weighted by Gasteiger charge is 2.23. The van der Waals surface area contributed by atoms with Crippen molar-refractivity contribution in [1.29, 1.82) is 0 Å². The Morgan fingerprint density at radius 2 is 2.33 bits per heavy atom. The fourth-order valence-electron chi connectivity index (χ4n) is 1.15. The molecule has 0 aromatic carbocycles. The van der Waals surface area contributed by atoms with E-state index in [1.807, 2.05) is 13.8 Å². The van der Waals surface area contributed by atoms with Crippen molar-refractivity contribution in [2.24, 2.45) is 10.7 Å². The molecule has 12 heavy (non-hydrogen) atoms. The summed E-state index contributed by atoms with van der Waals surface area (Å²) >= 11 is 0. The van der Waals surface area contributed by atoms with Crippen LogP contribution in [-0.4, -0.2) is 21.8 Å². The highest BCUT2D eigenvalue weighted by atomic mass is 15.2. The van der Waals surface area contributed by atoms with E-state index in [-0.39, 0.29) is 0 Å². The van der Waals surface area contributed by atoms with Crippen LogP contribution in [0.2, 0.25) is 0 Å². The third-order valence-electron chi connectivity index (χ3n) is 1.65. The Balaban J connectivity index is 2.45. The zero-order valence-electron chi connectivity index (χ0n) is 7.05. The summed E-state index contributed by atoms with van der Waals surface area (Å²) in [6, 6.07) is 0. The molecular weight excluding hydrogens is 154 g/mol. The Morgan fingerprint density at radius 1 is 1.58 bits per heavy atom. The van der Waals surface area contributed by atoms with E-state index in [4.69, 9.17) is 5.73 Å². The van der Waals surface area contributed by atoms with Crippen LogP contribution in [0.1, 0.15) is 12.7 Å². The molecule has 0 amide bonds. The monoisotopic (exact) mass is 165 g/mol. The van der Waals surface area contributed by atoms with E-state index >= 15 is 0 Å². The van der Waals surface area contributed by atoms with Crippen LogP contribution in [0.15, 0.2) is 4.99 Å². The summed E-state index contributed by atoms with van der Waals surface area (Å²) < 4.78 is 0. The van der Waals surface area contributed by atoms with Gasteiger partial charge in [-0.25, -0.2) is 9.98 Å². The lowest BCUT2D eigenvalue weighted by Crippen LogP contribution is -2.47. The lowest BCUT2D eigenvalue weighted by Gasteiger charge is -2.24. The minimum Gasteiger partial charge on any atom is -0.345 e. The van der Waals surface area contributed by atoms with Gasteiger partial charge in [-0.3, -0.25) is 0 Å². The van der Waals surface area contributed by atoms with E-state index in [1.54, 1.807) is 6.21 Å². The Hall–Kier alpha value is -1.36. The standard InChI is InChI=1S/C7H11N5/c1-4-10-5-6(11-4)12-7(2,8)3-9-5/h3,12H,8H2,1-2H3,(H,10,11). The van der Waals surface area contributed by atoms with Gasteiger partial charge in [0.15, 0.2) is 11.6 Å². The number of imidazole rings is 1. The molecule has 1 aromatic heterocycles. The summed E-state index contributed by atoms with van der Waals surface area (Å²) in [5.74, 6) is 2.30. The maximum atomic E-state index is 5.79. The Labute approximate surface area is 70.1 Å². The zero-order valence-corrected chi connectivity index (χ0v) is 7.05.